The maximum Gasteiger partial charge on any atom is 0.253 e. The fourth-order valence-electron chi connectivity index (χ4n) is 3.52. The van der Waals surface area contributed by atoms with E-state index in [-0.39, 0.29) is 12.0 Å². The molecule has 0 bridgehead atoms. The van der Waals surface area contributed by atoms with Crippen molar-refractivity contribution in [3.63, 3.8) is 0 Å². The summed E-state index contributed by atoms with van der Waals surface area (Å²) in [5, 5.41) is 10.8. The van der Waals surface area contributed by atoms with Gasteiger partial charge in [-0.25, -0.2) is 0 Å². The number of aromatic nitrogens is 3. The van der Waals surface area contributed by atoms with E-state index in [2.05, 4.69) is 29.4 Å². The van der Waals surface area contributed by atoms with Crippen molar-refractivity contribution in [1.29, 1.82) is 0 Å². The highest BCUT2D eigenvalue weighted by Gasteiger charge is 2.29. The molecule has 0 saturated carbocycles. The van der Waals surface area contributed by atoms with Crippen molar-refractivity contribution in [3.8, 4) is 5.69 Å². The van der Waals surface area contributed by atoms with Gasteiger partial charge in [0, 0.05) is 19.1 Å². The zero-order chi connectivity index (χ0) is 17.8. The van der Waals surface area contributed by atoms with Crippen LogP contribution in [0.4, 0.5) is 0 Å². The highest BCUT2D eigenvalue weighted by Crippen LogP contribution is 2.26. The molecule has 134 valence electrons. The molecule has 1 aromatic heterocycles. The number of hydrogen-bond donors (Lipinski definition) is 1. The second kappa shape index (κ2) is 7.78. The second-order valence-electron chi connectivity index (χ2n) is 7.08. The smallest absolute Gasteiger partial charge is 0.253 e. The van der Waals surface area contributed by atoms with Gasteiger partial charge in [0.25, 0.3) is 5.91 Å². The number of amides is 1. The Labute approximate surface area is 148 Å². The maximum absolute atomic E-state index is 12.8. The summed E-state index contributed by atoms with van der Waals surface area (Å²) in [4.78, 5) is 12.8. The maximum atomic E-state index is 12.8. The summed E-state index contributed by atoms with van der Waals surface area (Å²) in [6, 6.07) is 5.81. The van der Waals surface area contributed by atoms with Crippen molar-refractivity contribution in [2.45, 2.75) is 39.7 Å². The molecule has 1 amide bonds. The van der Waals surface area contributed by atoms with E-state index in [9.17, 15) is 4.79 Å². The summed E-state index contributed by atoms with van der Waals surface area (Å²) in [7, 11) is 0. The van der Waals surface area contributed by atoms with E-state index < -0.39 is 0 Å². The lowest BCUT2D eigenvalue weighted by Crippen LogP contribution is -2.41. The van der Waals surface area contributed by atoms with Gasteiger partial charge in [-0.05, 0) is 37.8 Å². The molecule has 1 aromatic carbocycles. The van der Waals surface area contributed by atoms with Gasteiger partial charge >= 0.3 is 0 Å². The van der Waals surface area contributed by atoms with Crippen LogP contribution in [-0.2, 0) is 4.74 Å². The summed E-state index contributed by atoms with van der Waals surface area (Å²) in [5.41, 5.74) is 2.47. The molecule has 2 aromatic rings. The van der Waals surface area contributed by atoms with Crippen molar-refractivity contribution >= 4 is 5.91 Å². The molecule has 1 aliphatic heterocycles. The third-order valence-corrected chi connectivity index (χ3v) is 4.77. The number of hydrogen-bond acceptors (Lipinski definition) is 4. The Bertz CT molecular complexity index is 712. The molecule has 2 atom stereocenters. The van der Waals surface area contributed by atoms with Gasteiger partial charge in [-0.15, -0.1) is 10.2 Å². The predicted molar refractivity (Wildman–Crippen MR) is 95.7 cm³/mol. The highest BCUT2D eigenvalue weighted by atomic mass is 16.5. The SMILES string of the molecule is Cc1ccc(-n2cnnc2)c(C(=O)NC[C@@H]2CCCO[C@H]2C(C)C)c1. The van der Waals surface area contributed by atoms with E-state index in [1.165, 1.54) is 0 Å². The van der Waals surface area contributed by atoms with Gasteiger partial charge < -0.3 is 10.1 Å². The molecule has 0 spiro atoms. The summed E-state index contributed by atoms with van der Waals surface area (Å²) in [6.45, 7) is 7.79. The molecule has 1 fully saturated rings. The molecule has 6 nitrogen and oxygen atoms in total. The van der Waals surface area contributed by atoms with Crippen LogP contribution >= 0.6 is 0 Å². The van der Waals surface area contributed by atoms with Gasteiger partial charge in [0.15, 0.2) is 0 Å². The van der Waals surface area contributed by atoms with E-state index in [4.69, 9.17) is 4.74 Å². The lowest BCUT2D eigenvalue weighted by Gasteiger charge is -2.34. The third kappa shape index (κ3) is 4.07. The average Bonchev–Trinajstić information content (AvgIpc) is 3.14. The molecule has 25 heavy (non-hydrogen) atoms. The molecule has 0 aliphatic carbocycles. The Balaban J connectivity index is 1.74. The van der Waals surface area contributed by atoms with Crippen LogP contribution < -0.4 is 5.32 Å². The molecule has 6 heteroatoms. The normalized spacial score (nSPS) is 20.6. The van der Waals surface area contributed by atoms with Gasteiger partial charge in [-0.3, -0.25) is 9.36 Å². The molecule has 0 radical (unpaired) electrons. The Morgan fingerprint density at radius 2 is 2.12 bits per heavy atom. The highest BCUT2D eigenvalue weighted by molar-refractivity contribution is 5.98. The summed E-state index contributed by atoms with van der Waals surface area (Å²) in [5.74, 6) is 0.745. The fourth-order valence-corrected chi connectivity index (χ4v) is 3.52. The van der Waals surface area contributed by atoms with E-state index in [0.717, 1.165) is 30.7 Å². The molecule has 1 aliphatic rings. The first-order valence-corrected chi connectivity index (χ1v) is 8.91. The predicted octanol–water partition coefficient (Wildman–Crippen LogP) is 2.76. The lowest BCUT2D eigenvalue weighted by molar-refractivity contribution is -0.0510. The van der Waals surface area contributed by atoms with E-state index >= 15 is 0 Å². The molecule has 1 saturated heterocycles. The molecular formula is C19H26N4O2. The minimum Gasteiger partial charge on any atom is -0.378 e. The first kappa shape index (κ1) is 17.6. The van der Waals surface area contributed by atoms with Gasteiger partial charge in [0.05, 0.1) is 17.4 Å². The topological polar surface area (TPSA) is 69.0 Å². The van der Waals surface area contributed by atoms with Gasteiger partial charge in [0.1, 0.15) is 12.7 Å². The van der Waals surface area contributed by atoms with E-state index in [0.29, 0.717) is 23.9 Å². The first-order valence-electron chi connectivity index (χ1n) is 8.91. The monoisotopic (exact) mass is 342 g/mol. The van der Waals surface area contributed by atoms with Crippen LogP contribution in [0.1, 0.15) is 42.6 Å². The molecule has 1 N–H and O–H groups in total. The Morgan fingerprint density at radius 1 is 1.36 bits per heavy atom. The van der Waals surface area contributed by atoms with Crippen LogP contribution in [0.5, 0.6) is 0 Å². The largest absolute Gasteiger partial charge is 0.378 e. The molecule has 2 heterocycles. The Morgan fingerprint density at radius 3 is 2.84 bits per heavy atom. The summed E-state index contributed by atoms with van der Waals surface area (Å²) >= 11 is 0. The second-order valence-corrected chi connectivity index (χ2v) is 7.08. The van der Waals surface area contributed by atoms with Crippen LogP contribution in [0, 0.1) is 18.8 Å². The average molecular weight is 342 g/mol. The van der Waals surface area contributed by atoms with Gasteiger partial charge in [0.2, 0.25) is 0 Å². The van der Waals surface area contributed by atoms with Crippen molar-refractivity contribution < 1.29 is 9.53 Å². The molecular weight excluding hydrogens is 316 g/mol. The third-order valence-electron chi connectivity index (χ3n) is 4.77. The standard InChI is InChI=1S/C19H26N4O2/c1-13(2)18-15(5-4-8-25-18)10-20-19(24)16-9-14(3)6-7-17(16)23-11-21-22-12-23/h6-7,9,11-13,15,18H,4-5,8,10H2,1-3H3,(H,20,24)/t15-,18-/m0/s1. The summed E-state index contributed by atoms with van der Waals surface area (Å²) in [6.07, 6.45) is 5.56. The van der Waals surface area contributed by atoms with Crippen LogP contribution in [0.15, 0.2) is 30.9 Å². The van der Waals surface area contributed by atoms with Crippen LogP contribution in [0.25, 0.3) is 5.69 Å². The van der Waals surface area contributed by atoms with Crippen molar-refractivity contribution in [3.05, 3.63) is 42.0 Å². The van der Waals surface area contributed by atoms with E-state index in [1.807, 2.05) is 25.1 Å². The molecule has 0 unspecified atom stereocenters. The Hall–Kier alpha value is -2.21. The number of nitrogens with one attached hydrogen (secondary N) is 1. The minimum absolute atomic E-state index is 0.0690. The number of nitrogens with zero attached hydrogens (tertiary/aromatic N) is 3. The summed E-state index contributed by atoms with van der Waals surface area (Å²) < 4.78 is 7.68. The lowest BCUT2D eigenvalue weighted by atomic mass is 9.87. The minimum atomic E-state index is -0.0690. The van der Waals surface area contributed by atoms with Crippen LogP contribution in [0.2, 0.25) is 0 Å². The number of aryl methyl sites for hydroxylation is 1. The zero-order valence-corrected chi connectivity index (χ0v) is 15.1. The number of ether oxygens (including phenoxy) is 1. The van der Waals surface area contributed by atoms with Crippen molar-refractivity contribution in [1.82, 2.24) is 20.1 Å². The van der Waals surface area contributed by atoms with E-state index in [1.54, 1.807) is 17.2 Å². The van der Waals surface area contributed by atoms with Crippen molar-refractivity contribution in [2.24, 2.45) is 11.8 Å². The first-order chi connectivity index (χ1) is 12.1. The van der Waals surface area contributed by atoms with Gasteiger partial charge in [-0.1, -0.05) is 25.5 Å². The number of benzene rings is 1. The van der Waals surface area contributed by atoms with Gasteiger partial charge in [-0.2, -0.15) is 0 Å². The molecule has 3 rings (SSSR count). The number of rotatable bonds is 5. The number of carbonyl (C=O) groups excluding carboxylic acids is 1. The number of carbonyl (C=O) groups is 1. The van der Waals surface area contributed by atoms with Crippen LogP contribution in [-0.4, -0.2) is 39.9 Å². The zero-order valence-electron chi connectivity index (χ0n) is 15.1. The quantitative estimate of drug-likeness (QED) is 0.907. The fraction of sp³-hybridized carbons (Fsp3) is 0.526. The Kier molecular flexibility index (Phi) is 5.48. The van der Waals surface area contributed by atoms with Crippen LogP contribution in [0.3, 0.4) is 0 Å². The van der Waals surface area contributed by atoms with Crippen molar-refractivity contribution in [2.75, 3.05) is 13.2 Å².